The molecule has 0 saturated carbocycles. The highest BCUT2D eigenvalue weighted by Crippen LogP contribution is 2.34. The number of amides is 1. The summed E-state index contributed by atoms with van der Waals surface area (Å²) >= 11 is 0. The van der Waals surface area contributed by atoms with E-state index >= 15 is 0 Å². The predicted octanol–water partition coefficient (Wildman–Crippen LogP) is 0.0484. The minimum Gasteiger partial charge on any atom is -0.333 e. The lowest BCUT2D eigenvalue weighted by Gasteiger charge is -2.27. The predicted molar refractivity (Wildman–Crippen MR) is 69.7 cm³/mol. The van der Waals surface area contributed by atoms with E-state index in [1.165, 1.54) is 0 Å². The van der Waals surface area contributed by atoms with Gasteiger partial charge in [-0.25, -0.2) is 8.42 Å². The molecule has 0 spiro atoms. The Balaban J connectivity index is 1.92. The van der Waals surface area contributed by atoms with E-state index in [2.05, 4.69) is 5.10 Å². The van der Waals surface area contributed by atoms with Gasteiger partial charge in [0.05, 0.1) is 22.3 Å². The monoisotopic (exact) mass is 283 g/mol. The Bertz CT molecular complexity index is 662. The van der Waals surface area contributed by atoms with Gasteiger partial charge in [0.15, 0.2) is 9.84 Å². The highest BCUT2D eigenvalue weighted by molar-refractivity contribution is 7.92. The maximum absolute atomic E-state index is 12.6. The third-order valence-corrected chi connectivity index (χ3v) is 6.50. The first kappa shape index (κ1) is 12.7. The summed E-state index contributed by atoms with van der Waals surface area (Å²) in [4.78, 5) is 14.3. The van der Waals surface area contributed by atoms with Crippen LogP contribution in [-0.2, 0) is 16.9 Å². The topological polar surface area (TPSA) is 72.3 Å². The number of rotatable bonds is 1. The van der Waals surface area contributed by atoms with Crippen LogP contribution >= 0.6 is 0 Å². The normalized spacial score (nSPS) is 28.1. The fraction of sp³-hybridized carbons (Fsp3) is 0.667. The molecule has 0 N–H and O–H groups in total. The first-order valence-electron chi connectivity index (χ1n) is 6.34. The van der Waals surface area contributed by atoms with Crippen LogP contribution in [0.25, 0.3) is 0 Å². The summed E-state index contributed by atoms with van der Waals surface area (Å²) in [6.07, 6.45) is 0.590. The molecule has 2 aliphatic rings. The van der Waals surface area contributed by atoms with Gasteiger partial charge < -0.3 is 4.90 Å². The van der Waals surface area contributed by atoms with Gasteiger partial charge >= 0.3 is 0 Å². The number of carbonyl (C=O) groups is 1. The van der Waals surface area contributed by atoms with Gasteiger partial charge in [0.2, 0.25) is 0 Å². The fourth-order valence-electron chi connectivity index (χ4n) is 3.17. The van der Waals surface area contributed by atoms with Crippen molar-refractivity contribution >= 4 is 15.7 Å². The molecule has 2 saturated heterocycles. The van der Waals surface area contributed by atoms with Crippen molar-refractivity contribution in [3.05, 3.63) is 17.0 Å². The summed E-state index contributed by atoms with van der Waals surface area (Å²) < 4.78 is 25.1. The van der Waals surface area contributed by atoms with Crippen molar-refractivity contribution in [3.63, 3.8) is 0 Å². The summed E-state index contributed by atoms with van der Waals surface area (Å²) in [6, 6.07) is -0.151. The van der Waals surface area contributed by atoms with Gasteiger partial charge in [0.25, 0.3) is 5.91 Å². The van der Waals surface area contributed by atoms with Gasteiger partial charge in [0, 0.05) is 25.3 Å². The van der Waals surface area contributed by atoms with Crippen LogP contribution in [0.1, 0.15) is 28.2 Å². The Morgan fingerprint density at radius 3 is 2.47 bits per heavy atom. The van der Waals surface area contributed by atoms with E-state index in [4.69, 9.17) is 0 Å². The number of likely N-dealkylation sites (tertiary alicyclic amines) is 1. The molecule has 2 fully saturated rings. The fourth-order valence-corrected chi connectivity index (χ4v) is 5.20. The highest BCUT2D eigenvalue weighted by Gasteiger charge is 2.50. The summed E-state index contributed by atoms with van der Waals surface area (Å²) in [6.45, 7) is 4.00. The van der Waals surface area contributed by atoms with Crippen molar-refractivity contribution < 1.29 is 13.2 Å². The number of hydrogen-bond donors (Lipinski definition) is 0. The zero-order valence-electron chi connectivity index (χ0n) is 11.3. The molecular weight excluding hydrogens is 266 g/mol. The average molecular weight is 283 g/mol. The van der Waals surface area contributed by atoms with Crippen LogP contribution in [0, 0.1) is 13.8 Å². The third-order valence-electron chi connectivity index (χ3n) is 4.29. The van der Waals surface area contributed by atoms with Crippen LogP contribution in [0.5, 0.6) is 0 Å². The molecule has 3 rings (SSSR count). The third kappa shape index (κ3) is 1.71. The van der Waals surface area contributed by atoms with Crippen LogP contribution in [0.3, 0.4) is 0 Å². The first-order valence-corrected chi connectivity index (χ1v) is 8.05. The number of aryl methyl sites for hydroxylation is 2. The molecule has 1 aromatic heterocycles. The largest absolute Gasteiger partial charge is 0.333 e. The SMILES string of the molecule is Cc1nn(C)c(C)c1C(=O)N1C[C@H]2C[C@H]1CS2(=O)=O. The van der Waals surface area contributed by atoms with Crippen molar-refractivity contribution in [2.45, 2.75) is 31.6 Å². The number of nitrogens with zero attached hydrogens (tertiary/aromatic N) is 3. The van der Waals surface area contributed by atoms with E-state index < -0.39 is 9.84 Å². The molecule has 1 aromatic rings. The zero-order chi connectivity index (χ0) is 13.9. The second-order valence-electron chi connectivity index (χ2n) is 5.47. The lowest BCUT2D eigenvalue weighted by atomic mass is 10.1. The molecule has 0 aliphatic carbocycles. The summed E-state index contributed by atoms with van der Waals surface area (Å²) in [7, 11) is -1.16. The molecule has 19 heavy (non-hydrogen) atoms. The number of carbonyl (C=O) groups excluding carboxylic acids is 1. The van der Waals surface area contributed by atoms with Crippen molar-refractivity contribution in [1.82, 2.24) is 14.7 Å². The van der Waals surface area contributed by atoms with Gasteiger partial charge in [-0.05, 0) is 20.3 Å². The van der Waals surface area contributed by atoms with Crippen LogP contribution in [0.2, 0.25) is 0 Å². The molecule has 6 nitrogen and oxygen atoms in total. The average Bonchev–Trinajstić information content (AvgIpc) is 2.90. The number of hydrogen-bond acceptors (Lipinski definition) is 4. The number of fused-ring (bicyclic) bond motifs is 2. The van der Waals surface area contributed by atoms with Crippen molar-refractivity contribution in [2.75, 3.05) is 12.3 Å². The lowest BCUT2D eigenvalue weighted by Crippen LogP contribution is -2.44. The number of aromatic nitrogens is 2. The maximum atomic E-state index is 12.6. The van der Waals surface area contributed by atoms with E-state index in [0.717, 1.165) is 5.69 Å². The van der Waals surface area contributed by atoms with Gasteiger partial charge in [-0.3, -0.25) is 9.48 Å². The second kappa shape index (κ2) is 3.82. The Kier molecular flexibility index (Phi) is 2.54. The maximum Gasteiger partial charge on any atom is 0.257 e. The van der Waals surface area contributed by atoms with E-state index in [0.29, 0.717) is 24.2 Å². The molecule has 1 amide bonds. The van der Waals surface area contributed by atoms with Gasteiger partial charge in [-0.2, -0.15) is 5.10 Å². The zero-order valence-corrected chi connectivity index (χ0v) is 12.1. The minimum absolute atomic E-state index is 0.0782. The van der Waals surface area contributed by atoms with E-state index in [1.807, 2.05) is 13.8 Å². The Hall–Kier alpha value is -1.37. The smallest absolute Gasteiger partial charge is 0.257 e. The second-order valence-corrected chi connectivity index (χ2v) is 7.79. The molecule has 0 radical (unpaired) electrons. The summed E-state index contributed by atoms with van der Waals surface area (Å²) in [5.74, 6) is 0.0346. The van der Waals surface area contributed by atoms with Crippen molar-refractivity contribution in [3.8, 4) is 0 Å². The molecule has 2 bridgehead atoms. The van der Waals surface area contributed by atoms with E-state index in [-0.39, 0.29) is 23.0 Å². The van der Waals surface area contributed by atoms with Crippen LogP contribution in [-0.4, -0.2) is 52.6 Å². The lowest BCUT2D eigenvalue weighted by molar-refractivity contribution is 0.0744. The van der Waals surface area contributed by atoms with E-state index in [1.54, 1.807) is 16.6 Å². The van der Waals surface area contributed by atoms with Crippen LogP contribution < -0.4 is 0 Å². The quantitative estimate of drug-likeness (QED) is 0.730. The van der Waals surface area contributed by atoms with Crippen LogP contribution in [0.15, 0.2) is 0 Å². The Morgan fingerprint density at radius 2 is 2.05 bits per heavy atom. The van der Waals surface area contributed by atoms with E-state index in [9.17, 15) is 13.2 Å². The minimum atomic E-state index is -2.97. The van der Waals surface area contributed by atoms with Crippen molar-refractivity contribution in [1.29, 1.82) is 0 Å². The van der Waals surface area contributed by atoms with Crippen LogP contribution in [0.4, 0.5) is 0 Å². The molecule has 0 aromatic carbocycles. The van der Waals surface area contributed by atoms with Gasteiger partial charge in [-0.15, -0.1) is 0 Å². The van der Waals surface area contributed by atoms with Gasteiger partial charge in [0.1, 0.15) is 0 Å². The molecule has 2 aliphatic heterocycles. The molecule has 104 valence electrons. The first-order chi connectivity index (χ1) is 8.81. The van der Waals surface area contributed by atoms with Crippen molar-refractivity contribution in [2.24, 2.45) is 7.05 Å². The number of sulfone groups is 1. The Labute approximate surface area is 112 Å². The summed E-state index contributed by atoms with van der Waals surface area (Å²) in [5.41, 5.74) is 2.15. The molecule has 2 atom stereocenters. The Morgan fingerprint density at radius 1 is 1.37 bits per heavy atom. The highest BCUT2D eigenvalue weighted by atomic mass is 32.2. The molecular formula is C12H17N3O3S. The van der Waals surface area contributed by atoms with Gasteiger partial charge in [-0.1, -0.05) is 0 Å². The standard InChI is InChI=1S/C12H17N3O3S/c1-7-11(8(2)14(3)13-7)12(16)15-5-10-4-9(15)6-19(10,17)18/h9-10H,4-6H2,1-3H3/t9-,10+/m0/s1. The molecule has 7 heteroatoms. The molecule has 3 heterocycles. The summed E-state index contributed by atoms with van der Waals surface area (Å²) in [5, 5.41) is 3.88. The molecule has 0 unspecified atom stereocenters.